The molecule has 0 fully saturated rings. The van der Waals surface area contributed by atoms with Gasteiger partial charge >= 0.3 is 0 Å². The molecule has 0 aliphatic heterocycles. The highest BCUT2D eigenvalue weighted by Gasteiger charge is 2.22. The van der Waals surface area contributed by atoms with Crippen LogP contribution in [0.15, 0.2) is 29.0 Å². The molecule has 0 spiro atoms. The zero-order valence-electron chi connectivity index (χ0n) is 12.1. The first-order valence-electron chi connectivity index (χ1n) is 6.54. The van der Waals surface area contributed by atoms with E-state index in [1.54, 1.807) is 41.8 Å². The molecule has 3 heterocycles. The number of aryl methyl sites for hydroxylation is 2. The van der Waals surface area contributed by atoms with Crippen molar-refractivity contribution in [3.63, 3.8) is 0 Å². The topological polar surface area (TPSA) is 76.5 Å². The molecule has 3 aromatic heterocycles. The van der Waals surface area contributed by atoms with Crippen molar-refractivity contribution in [1.29, 1.82) is 0 Å². The minimum Gasteiger partial charge on any atom is -0.361 e. The molecule has 0 radical (unpaired) electrons. The van der Waals surface area contributed by atoms with Crippen LogP contribution in [0.25, 0.3) is 5.65 Å². The van der Waals surface area contributed by atoms with Gasteiger partial charge in [0.1, 0.15) is 17.0 Å². The Morgan fingerprint density at radius 2 is 2.24 bits per heavy atom. The zero-order valence-corrected chi connectivity index (χ0v) is 12.1. The molecule has 0 aromatic carbocycles. The van der Waals surface area contributed by atoms with Crippen molar-refractivity contribution in [3.05, 3.63) is 47.2 Å². The normalized spacial score (nSPS) is 11.0. The highest BCUT2D eigenvalue weighted by molar-refractivity contribution is 6.00. The Balaban J connectivity index is 1.91. The van der Waals surface area contributed by atoms with Crippen LogP contribution in [0.2, 0.25) is 0 Å². The molecule has 0 aliphatic rings. The maximum Gasteiger partial charge on any atom is 0.259 e. The third-order valence-electron chi connectivity index (χ3n) is 3.21. The molecule has 21 heavy (non-hydrogen) atoms. The predicted octanol–water partition coefficient (Wildman–Crippen LogP) is 1.61. The number of hydrogen-bond donors (Lipinski definition) is 0. The van der Waals surface area contributed by atoms with Crippen molar-refractivity contribution in [2.45, 2.75) is 20.4 Å². The summed E-state index contributed by atoms with van der Waals surface area (Å²) < 4.78 is 6.62. The summed E-state index contributed by atoms with van der Waals surface area (Å²) in [5.74, 6) is 0.585. The van der Waals surface area contributed by atoms with Crippen molar-refractivity contribution in [3.8, 4) is 0 Å². The standard InChI is InChI=1S/C14H15N5O2/c1-9-7-11(17-21-9)8-18(3)14(20)12-10(2)16-19-6-4-5-15-13(12)19/h4-7H,8H2,1-3H3. The van der Waals surface area contributed by atoms with Crippen molar-refractivity contribution in [2.24, 2.45) is 0 Å². The van der Waals surface area contributed by atoms with Crippen molar-refractivity contribution >= 4 is 11.6 Å². The molecule has 0 saturated heterocycles. The monoisotopic (exact) mass is 285 g/mol. The van der Waals surface area contributed by atoms with E-state index in [0.29, 0.717) is 29.1 Å². The minimum absolute atomic E-state index is 0.137. The molecule has 0 N–H and O–H groups in total. The van der Waals surface area contributed by atoms with E-state index in [4.69, 9.17) is 4.52 Å². The summed E-state index contributed by atoms with van der Waals surface area (Å²) in [6, 6.07) is 3.58. The number of nitrogens with zero attached hydrogens (tertiary/aromatic N) is 5. The van der Waals surface area contributed by atoms with Gasteiger partial charge in [-0.1, -0.05) is 5.16 Å². The average Bonchev–Trinajstić information content (AvgIpc) is 3.00. The third-order valence-corrected chi connectivity index (χ3v) is 3.21. The van der Waals surface area contributed by atoms with Crippen molar-refractivity contribution < 1.29 is 9.32 Å². The van der Waals surface area contributed by atoms with Gasteiger partial charge in [0.05, 0.1) is 12.2 Å². The number of amides is 1. The lowest BCUT2D eigenvalue weighted by atomic mass is 10.2. The number of rotatable bonds is 3. The Labute approximate surface area is 121 Å². The summed E-state index contributed by atoms with van der Waals surface area (Å²) in [6.45, 7) is 3.99. The van der Waals surface area contributed by atoms with Gasteiger partial charge < -0.3 is 9.42 Å². The fourth-order valence-electron chi connectivity index (χ4n) is 2.25. The Morgan fingerprint density at radius 1 is 1.43 bits per heavy atom. The van der Waals surface area contributed by atoms with E-state index >= 15 is 0 Å². The van der Waals surface area contributed by atoms with E-state index in [-0.39, 0.29) is 5.91 Å². The van der Waals surface area contributed by atoms with E-state index in [1.807, 2.05) is 13.0 Å². The van der Waals surface area contributed by atoms with Crippen LogP contribution in [-0.4, -0.2) is 37.6 Å². The van der Waals surface area contributed by atoms with Crippen LogP contribution in [0.1, 0.15) is 27.5 Å². The van der Waals surface area contributed by atoms with Crippen molar-refractivity contribution in [2.75, 3.05) is 7.05 Å². The van der Waals surface area contributed by atoms with Crippen LogP contribution in [0.4, 0.5) is 0 Å². The van der Waals surface area contributed by atoms with Gasteiger partial charge in [-0.3, -0.25) is 4.79 Å². The van der Waals surface area contributed by atoms with E-state index in [0.717, 1.165) is 5.76 Å². The molecule has 1 amide bonds. The van der Waals surface area contributed by atoms with Gasteiger partial charge in [0.25, 0.3) is 5.91 Å². The molecule has 3 rings (SSSR count). The van der Waals surface area contributed by atoms with Gasteiger partial charge in [-0.15, -0.1) is 0 Å². The summed E-state index contributed by atoms with van der Waals surface area (Å²) in [5.41, 5.74) is 2.44. The summed E-state index contributed by atoms with van der Waals surface area (Å²) in [6.07, 6.45) is 3.42. The number of carbonyl (C=O) groups excluding carboxylic acids is 1. The first-order chi connectivity index (χ1) is 10.1. The molecule has 7 heteroatoms. The average molecular weight is 285 g/mol. The van der Waals surface area contributed by atoms with E-state index in [9.17, 15) is 4.79 Å². The Hall–Kier alpha value is -2.70. The lowest BCUT2D eigenvalue weighted by molar-refractivity contribution is 0.0783. The number of hydrogen-bond acceptors (Lipinski definition) is 5. The van der Waals surface area contributed by atoms with Gasteiger partial charge in [-0.2, -0.15) is 5.10 Å². The second-order valence-electron chi connectivity index (χ2n) is 4.94. The van der Waals surface area contributed by atoms with Gasteiger partial charge in [-0.25, -0.2) is 9.50 Å². The quantitative estimate of drug-likeness (QED) is 0.730. The highest BCUT2D eigenvalue weighted by Crippen LogP contribution is 2.16. The predicted molar refractivity (Wildman–Crippen MR) is 74.8 cm³/mol. The number of carbonyl (C=O) groups is 1. The summed E-state index contributed by atoms with van der Waals surface area (Å²) in [4.78, 5) is 18.4. The lowest BCUT2D eigenvalue weighted by Crippen LogP contribution is -2.27. The number of fused-ring (bicyclic) bond motifs is 1. The van der Waals surface area contributed by atoms with Crippen molar-refractivity contribution in [1.82, 2.24) is 24.7 Å². The van der Waals surface area contributed by atoms with Gasteiger partial charge in [0.2, 0.25) is 0 Å². The Bertz CT molecular complexity index is 805. The van der Waals surface area contributed by atoms with E-state index in [2.05, 4.69) is 15.2 Å². The largest absolute Gasteiger partial charge is 0.361 e. The first kappa shape index (κ1) is 13.3. The molecule has 0 saturated carbocycles. The van der Waals surface area contributed by atoms with Crippen LogP contribution in [0.3, 0.4) is 0 Å². The Morgan fingerprint density at radius 3 is 2.95 bits per heavy atom. The Kier molecular flexibility index (Phi) is 3.17. The maximum atomic E-state index is 12.6. The van der Waals surface area contributed by atoms with Crippen LogP contribution >= 0.6 is 0 Å². The second kappa shape index (κ2) is 5.01. The minimum atomic E-state index is -0.137. The van der Waals surface area contributed by atoms with E-state index < -0.39 is 0 Å². The fraction of sp³-hybridized carbons (Fsp3) is 0.286. The van der Waals surface area contributed by atoms with Crippen LogP contribution in [-0.2, 0) is 6.54 Å². The highest BCUT2D eigenvalue weighted by atomic mass is 16.5. The van der Waals surface area contributed by atoms with Crippen LogP contribution in [0.5, 0.6) is 0 Å². The zero-order chi connectivity index (χ0) is 15.0. The molecule has 7 nitrogen and oxygen atoms in total. The summed E-state index contributed by atoms with van der Waals surface area (Å²) in [7, 11) is 1.72. The molecule has 0 atom stereocenters. The fourth-order valence-corrected chi connectivity index (χ4v) is 2.25. The molecule has 0 aliphatic carbocycles. The SMILES string of the molecule is Cc1cc(CN(C)C(=O)c2c(C)nn3cccnc23)no1. The summed E-state index contributed by atoms with van der Waals surface area (Å²) in [5, 5.41) is 8.20. The summed E-state index contributed by atoms with van der Waals surface area (Å²) >= 11 is 0. The second-order valence-corrected chi connectivity index (χ2v) is 4.94. The number of aromatic nitrogens is 4. The molecular weight excluding hydrogens is 270 g/mol. The molecule has 108 valence electrons. The lowest BCUT2D eigenvalue weighted by Gasteiger charge is -2.14. The smallest absolute Gasteiger partial charge is 0.259 e. The van der Waals surface area contributed by atoms with Crippen LogP contribution < -0.4 is 0 Å². The third kappa shape index (κ3) is 2.37. The van der Waals surface area contributed by atoms with E-state index in [1.165, 1.54) is 0 Å². The van der Waals surface area contributed by atoms with Gasteiger partial charge in [-0.05, 0) is 19.9 Å². The van der Waals surface area contributed by atoms with Crippen LogP contribution in [0, 0.1) is 13.8 Å². The molecule has 3 aromatic rings. The van der Waals surface area contributed by atoms with Gasteiger partial charge in [0, 0.05) is 25.5 Å². The first-order valence-corrected chi connectivity index (χ1v) is 6.54. The van der Waals surface area contributed by atoms with Gasteiger partial charge in [0.15, 0.2) is 5.65 Å². The maximum absolute atomic E-state index is 12.6. The molecule has 0 unspecified atom stereocenters. The molecular formula is C14H15N5O2. The molecule has 0 bridgehead atoms.